The lowest BCUT2D eigenvalue weighted by Gasteiger charge is -2.47. The molecule has 1 N–H and O–H groups in total. The molecule has 6 rings (SSSR count). The molecular formula is C30H29N3O3. The van der Waals surface area contributed by atoms with E-state index < -0.39 is 6.04 Å². The van der Waals surface area contributed by atoms with Crippen LogP contribution in [0.5, 0.6) is 5.75 Å². The summed E-state index contributed by atoms with van der Waals surface area (Å²) in [5.74, 6) is 0.817. The van der Waals surface area contributed by atoms with Gasteiger partial charge in [-0.1, -0.05) is 60.2 Å². The Bertz CT molecular complexity index is 1440. The Labute approximate surface area is 210 Å². The second-order valence-electron chi connectivity index (χ2n) is 9.75. The van der Waals surface area contributed by atoms with Gasteiger partial charge in [-0.25, -0.2) is 0 Å². The van der Waals surface area contributed by atoms with Crippen LogP contribution in [0.4, 0.5) is 0 Å². The van der Waals surface area contributed by atoms with Gasteiger partial charge in [0.05, 0.1) is 19.7 Å². The predicted octanol–water partition coefficient (Wildman–Crippen LogP) is 4.41. The molecule has 1 aromatic heterocycles. The van der Waals surface area contributed by atoms with E-state index in [9.17, 15) is 9.59 Å². The molecule has 6 nitrogen and oxygen atoms in total. The highest BCUT2D eigenvalue weighted by atomic mass is 16.5. The Morgan fingerprint density at radius 2 is 1.72 bits per heavy atom. The third-order valence-electron chi connectivity index (χ3n) is 7.56. The monoisotopic (exact) mass is 479 g/mol. The number of fused-ring (bicyclic) bond motifs is 4. The molecule has 182 valence electrons. The van der Waals surface area contributed by atoms with E-state index >= 15 is 0 Å². The van der Waals surface area contributed by atoms with Crippen LogP contribution in [0.3, 0.4) is 0 Å². The minimum atomic E-state index is -0.514. The number of nitrogens with zero attached hydrogens (tertiary/aromatic N) is 2. The van der Waals surface area contributed by atoms with Crippen LogP contribution in [0, 0.1) is 6.92 Å². The summed E-state index contributed by atoms with van der Waals surface area (Å²) in [4.78, 5) is 34.6. The molecule has 3 heterocycles. The zero-order chi connectivity index (χ0) is 24.8. The molecule has 2 amide bonds. The molecule has 0 bridgehead atoms. The molecule has 0 spiro atoms. The van der Waals surface area contributed by atoms with Gasteiger partial charge in [0.25, 0.3) is 0 Å². The van der Waals surface area contributed by atoms with E-state index in [1.165, 1.54) is 0 Å². The molecule has 36 heavy (non-hydrogen) atoms. The maximum Gasteiger partial charge on any atom is 0.246 e. The standard InChI is InChI=1S/C30H29N3O3/c1-19-7-11-21(12-8-19)29-28-24(23-5-3-4-6-25(23)31-28)17-26-30(35)32(18-27(34)33(26)29)16-15-20-9-13-22(36-2)14-10-20/h3-14,26,29,31H,15-18H2,1-2H3/t26-,29-/m0/s1. The van der Waals surface area contributed by atoms with Crippen LogP contribution in [0.1, 0.15) is 34.0 Å². The lowest BCUT2D eigenvalue weighted by atomic mass is 9.86. The van der Waals surface area contributed by atoms with E-state index in [0.29, 0.717) is 19.4 Å². The maximum atomic E-state index is 13.8. The average molecular weight is 480 g/mol. The van der Waals surface area contributed by atoms with Gasteiger partial charge in [0.15, 0.2) is 0 Å². The number of nitrogens with one attached hydrogen (secondary N) is 1. The first-order valence-corrected chi connectivity index (χ1v) is 12.4. The van der Waals surface area contributed by atoms with Crippen LogP contribution < -0.4 is 4.74 Å². The molecule has 2 aliphatic rings. The number of aromatic amines is 1. The SMILES string of the molecule is COc1ccc(CCN2CC(=O)N3[C@@H](c4ccc(C)cc4)c4[nH]c5ccccc5c4C[C@H]3C2=O)cc1. The highest BCUT2D eigenvalue weighted by Gasteiger charge is 2.48. The number of hydrogen-bond acceptors (Lipinski definition) is 3. The minimum Gasteiger partial charge on any atom is -0.497 e. The highest BCUT2D eigenvalue weighted by Crippen LogP contribution is 2.42. The molecule has 1 saturated heterocycles. The number of methoxy groups -OCH3 is 1. The first-order valence-electron chi connectivity index (χ1n) is 12.4. The Hall–Kier alpha value is -4.06. The number of H-pyrrole nitrogens is 1. The van der Waals surface area contributed by atoms with E-state index in [1.807, 2.05) is 41.3 Å². The van der Waals surface area contributed by atoms with Crippen molar-refractivity contribution in [2.24, 2.45) is 0 Å². The molecule has 2 atom stereocenters. The van der Waals surface area contributed by atoms with Crippen LogP contribution in [0.15, 0.2) is 72.8 Å². The summed E-state index contributed by atoms with van der Waals surface area (Å²) in [6, 6.07) is 23.5. The molecule has 1 fully saturated rings. The van der Waals surface area contributed by atoms with Gasteiger partial charge in [0.2, 0.25) is 11.8 Å². The molecule has 4 aromatic rings. The van der Waals surface area contributed by atoms with Crippen LogP contribution in [-0.2, 0) is 22.4 Å². The molecule has 2 aliphatic heterocycles. The molecule has 0 unspecified atom stereocenters. The van der Waals surface area contributed by atoms with E-state index in [-0.39, 0.29) is 24.4 Å². The van der Waals surface area contributed by atoms with Crippen molar-refractivity contribution in [3.05, 3.63) is 101 Å². The summed E-state index contributed by atoms with van der Waals surface area (Å²) in [6.45, 7) is 2.67. The molecule has 0 radical (unpaired) electrons. The zero-order valence-corrected chi connectivity index (χ0v) is 20.5. The van der Waals surface area contributed by atoms with Crippen molar-refractivity contribution in [1.82, 2.24) is 14.8 Å². The smallest absolute Gasteiger partial charge is 0.246 e. The number of amides is 2. The van der Waals surface area contributed by atoms with Gasteiger partial charge < -0.3 is 19.5 Å². The highest BCUT2D eigenvalue weighted by molar-refractivity contribution is 5.97. The number of carbonyl (C=O) groups is 2. The van der Waals surface area contributed by atoms with Gasteiger partial charge in [0.1, 0.15) is 11.8 Å². The number of ether oxygens (including phenoxy) is 1. The van der Waals surface area contributed by atoms with Crippen molar-refractivity contribution >= 4 is 22.7 Å². The van der Waals surface area contributed by atoms with Crippen LogP contribution in [0.2, 0.25) is 0 Å². The predicted molar refractivity (Wildman–Crippen MR) is 139 cm³/mol. The number of carbonyl (C=O) groups excluding carboxylic acids is 2. The van der Waals surface area contributed by atoms with Crippen LogP contribution >= 0.6 is 0 Å². The van der Waals surface area contributed by atoms with Gasteiger partial charge in [-0.05, 0) is 48.2 Å². The van der Waals surface area contributed by atoms with Gasteiger partial charge in [-0.2, -0.15) is 0 Å². The third kappa shape index (κ3) is 3.73. The summed E-state index contributed by atoms with van der Waals surface area (Å²) in [7, 11) is 1.64. The molecule has 0 saturated carbocycles. The lowest BCUT2D eigenvalue weighted by Crippen LogP contribution is -2.63. The number of benzene rings is 3. The fourth-order valence-electron chi connectivity index (χ4n) is 5.66. The maximum absolute atomic E-state index is 13.8. The number of hydrogen-bond donors (Lipinski definition) is 1. The quantitative estimate of drug-likeness (QED) is 0.461. The topological polar surface area (TPSA) is 65.6 Å². The third-order valence-corrected chi connectivity index (χ3v) is 7.56. The zero-order valence-electron chi connectivity index (χ0n) is 20.5. The van der Waals surface area contributed by atoms with Gasteiger partial charge in [-0.15, -0.1) is 0 Å². The van der Waals surface area contributed by atoms with Crippen molar-refractivity contribution < 1.29 is 14.3 Å². The minimum absolute atomic E-state index is 0.00999. The number of aromatic nitrogens is 1. The molecular weight excluding hydrogens is 450 g/mol. The second-order valence-corrected chi connectivity index (χ2v) is 9.75. The normalized spacial score (nSPS) is 19.4. The van der Waals surface area contributed by atoms with Gasteiger partial charge in [0, 0.05) is 29.6 Å². The van der Waals surface area contributed by atoms with Crippen LogP contribution in [-0.4, -0.2) is 52.8 Å². The fraction of sp³-hybridized carbons (Fsp3) is 0.267. The van der Waals surface area contributed by atoms with Crippen molar-refractivity contribution in [2.75, 3.05) is 20.2 Å². The number of para-hydroxylation sites is 1. The van der Waals surface area contributed by atoms with E-state index in [2.05, 4.69) is 48.3 Å². The summed E-state index contributed by atoms with van der Waals surface area (Å²) in [5, 5.41) is 1.12. The lowest BCUT2D eigenvalue weighted by molar-refractivity contribution is -0.158. The van der Waals surface area contributed by atoms with Crippen molar-refractivity contribution in [2.45, 2.75) is 31.8 Å². The summed E-state index contributed by atoms with van der Waals surface area (Å²) < 4.78 is 5.24. The van der Waals surface area contributed by atoms with Crippen molar-refractivity contribution in [3.8, 4) is 5.75 Å². The summed E-state index contributed by atoms with van der Waals surface area (Å²) >= 11 is 0. The van der Waals surface area contributed by atoms with Gasteiger partial charge in [-0.3, -0.25) is 9.59 Å². The first kappa shape index (κ1) is 22.4. The van der Waals surface area contributed by atoms with E-state index in [1.54, 1.807) is 12.0 Å². The Kier molecular flexibility index (Phi) is 5.52. The number of rotatable bonds is 5. The van der Waals surface area contributed by atoms with E-state index in [0.717, 1.165) is 44.6 Å². The number of piperazine rings is 1. The Morgan fingerprint density at radius 1 is 0.972 bits per heavy atom. The summed E-state index contributed by atoms with van der Waals surface area (Å²) in [6.07, 6.45) is 1.21. The van der Waals surface area contributed by atoms with Crippen molar-refractivity contribution in [3.63, 3.8) is 0 Å². The second kappa shape index (κ2) is 8.86. The molecule has 6 heteroatoms. The first-order chi connectivity index (χ1) is 17.5. The van der Waals surface area contributed by atoms with Gasteiger partial charge >= 0.3 is 0 Å². The largest absolute Gasteiger partial charge is 0.497 e. The molecule has 0 aliphatic carbocycles. The van der Waals surface area contributed by atoms with Crippen molar-refractivity contribution in [1.29, 1.82) is 0 Å². The number of aryl methyl sites for hydroxylation is 1. The van der Waals surface area contributed by atoms with E-state index in [4.69, 9.17) is 4.74 Å². The fourth-order valence-corrected chi connectivity index (χ4v) is 5.66. The summed E-state index contributed by atoms with van der Waals surface area (Å²) in [5.41, 5.74) is 6.48. The Morgan fingerprint density at radius 3 is 2.47 bits per heavy atom. The van der Waals surface area contributed by atoms with Crippen LogP contribution in [0.25, 0.3) is 10.9 Å². The molecule has 3 aromatic carbocycles. The Balaban J connectivity index is 1.35. The average Bonchev–Trinajstić information content (AvgIpc) is 3.28.